The minimum absolute atomic E-state index is 0.0643. The van der Waals surface area contributed by atoms with Crippen molar-refractivity contribution in [1.29, 1.82) is 0 Å². The van der Waals surface area contributed by atoms with E-state index in [1.807, 2.05) is 6.92 Å². The molecule has 0 spiro atoms. The zero-order valence-electron chi connectivity index (χ0n) is 17.4. The van der Waals surface area contributed by atoms with E-state index in [1.54, 1.807) is 6.92 Å². The lowest BCUT2D eigenvalue weighted by atomic mass is 9.84. The molecule has 3 rings (SSSR count). The number of carbonyl (C=O) groups is 2. The molecule has 2 aliphatic carbocycles. The zero-order chi connectivity index (χ0) is 21.3. The fourth-order valence-electron chi connectivity index (χ4n) is 4.61. The SMILES string of the molecule is C[C@H](OC(=O)c1ccc(S(=O)(=O)N(C)C)cc1)C(=O)N[C@@H](C)[C@H]1C[C@H]2CC[C@H]1C2. The summed E-state index contributed by atoms with van der Waals surface area (Å²) in [5.74, 6) is 1.05. The van der Waals surface area contributed by atoms with E-state index in [2.05, 4.69) is 5.32 Å². The van der Waals surface area contributed by atoms with Gasteiger partial charge in [-0.2, -0.15) is 0 Å². The first-order chi connectivity index (χ1) is 13.6. The number of hydrogen-bond donors (Lipinski definition) is 1. The fraction of sp³-hybridized carbons (Fsp3) is 0.619. The Hall–Kier alpha value is -1.93. The van der Waals surface area contributed by atoms with E-state index in [-0.39, 0.29) is 22.4 Å². The maximum absolute atomic E-state index is 12.5. The van der Waals surface area contributed by atoms with Gasteiger partial charge in [-0.3, -0.25) is 4.79 Å². The molecule has 0 aliphatic heterocycles. The molecule has 0 aromatic heterocycles. The Balaban J connectivity index is 1.55. The Kier molecular flexibility index (Phi) is 6.33. The van der Waals surface area contributed by atoms with Gasteiger partial charge in [0.15, 0.2) is 6.10 Å². The molecule has 2 aliphatic rings. The predicted molar refractivity (Wildman–Crippen MR) is 109 cm³/mol. The Morgan fingerprint density at radius 3 is 2.28 bits per heavy atom. The third-order valence-electron chi connectivity index (χ3n) is 6.33. The maximum atomic E-state index is 12.5. The van der Waals surface area contributed by atoms with E-state index in [0.29, 0.717) is 11.8 Å². The quantitative estimate of drug-likeness (QED) is 0.681. The van der Waals surface area contributed by atoms with Crippen molar-refractivity contribution in [3.05, 3.63) is 29.8 Å². The minimum Gasteiger partial charge on any atom is -0.449 e. The molecule has 7 nitrogen and oxygen atoms in total. The normalized spacial score (nSPS) is 25.6. The average molecular weight is 423 g/mol. The molecule has 5 atom stereocenters. The lowest BCUT2D eigenvalue weighted by Gasteiger charge is -2.29. The molecule has 0 saturated heterocycles. The van der Waals surface area contributed by atoms with E-state index in [9.17, 15) is 18.0 Å². The smallest absolute Gasteiger partial charge is 0.338 e. The molecule has 2 bridgehead atoms. The van der Waals surface area contributed by atoms with Gasteiger partial charge in [-0.15, -0.1) is 0 Å². The molecule has 8 heteroatoms. The van der Waals surface area contributed by atoms with E-state index in [4.69, 9.17) is 4.74 Å². The summed E-state index contributed by atoms with van der Waals surface area (Å²) in [6.45, 7) is 3.58. The van der Waals surface area contributed by atoms with E-state index in [0.717, 1.165) is 10.2 Å². The molecule has 0 unspecified atom stereocenters. The highest BCUT2D eigenvalue weighted by atomic mass is 32.2. The van der Waals surface area contributed by atoms with Gasteiger partial charge >= 0.3 is 5.97 Å². The molecule has 0 heterocycles. The average Bonchev–Trinajstić information content (AvgIpc) is 3.31. The Morgan fingerprint density at radius 1 is 1.10 bits per heavy atom. The number of benzene rings is 1. The van der Waals surface area contributed by atoms with Crippen molar-refractivity contribution in [3.63, 3.8) is 0 Å². The Morgan fingerprint density at radius 2 is 1.76 bits per heavy atom. The van der Waals surface area contributed by atoms with Crippen molar-refractivity contribution in [3.8, 4) is 0 Å². The molecule has 0 radical (unpaired) electrons. The van der Waals surface area contributed by atoms with Crippen molar-refractivity contribution in [2.75, 3.05) is 14.1 Å². The summed E-state index contributed by atoms with van der Waals surface area (Å²) in [6, 6.07) is 5.55. The third-order valence-corrected chi connectivity index (χ3v) is 8.16. The van der Waals surface area contributed by atoms with Crippen LogP contribution in [0.25, 0.3) is 0 Å². The topological polar surface area (TPSA) is 92.8 Å². The van der Waals surface area contributed by atoms with Crippen LogP contribution in [-0.4, -0.2) is 50.8 Å². The lowest BCUT2D eigenvalue weighted by Crippen LogP contribution is -2.45. The van der Waals surface area contributed by atoms with Gasteiger partial charge in [-0.25, -0.2) is 17.5 Å². The van der Waals surface area contributed by atoms with Gasteiger partial charge in [-0.1, -0.05) is 6.42 Å². The van der Waals surface area contributed by atoms with Gasteiger partial charge in [0.2, 0.25) is 10.0 Å². The maximum Gasteiger partial charge on any atom is 0.338 e. The van der Waals surface area contributed by atoms with Crippen LogP contribution in [0.2, 0.25) is 0 Å². The van der Waals surface area contributed by atoms with Gasteiger partial charge < -0.3 is 10.1 Å². The molecule has 1 amide bonds. The summed E-state index contributed by atoms with van der Waals surface area (Å²) in [5.41, 5.74) is 0.198. The molecule has 2 fully saturated rings. The number of fused-ring (bicyclic) bond motifs is 2. The molecule has 29 heavy (non-hydrogen) atoms. The third kappa shape index (κ3) is 4.64. The molecule has 1 N–H and O–H groups in total. The van der Waals surface area contributed by atoms with Crippen molar-refractivity contribution >= 4 is 21.9 Å². The summed E-state index contributed by atoms with van der Waals surface area (Å²) >= 11 is 0. The summed E-state index contributed by atoms with van der Waals surface area (Å²) in [5, 5.41) is 3.00. The molecular formula is C21H30N2O5S. The molecule has 1 aromatic rings. The van der Waals surface area contributed by atoms with Crippen LogP contribution in [0.3, 0.4) is 0 Å². The number of nitrogens with one attached hydrogen (secondary N) is 1. The van der Waals surface area contributed by atoms with E-state index in [1.165, 1.54) is 64.0 Å². The van der Waals surface area contributed by atoms with Crippen LogP contribution in [-0.2, 0) is 19.6 Å². The second-order valence-electron chi connectivity index (χ2n) is 8.50. The summed E-state index contributed by atoms with van der Waals surface area (Å²) in [7, 11) is -0.684. The molecule has 160 valence electrons. The van der Waals surface area contributed by atoms with Crippen molar-refractivity contribution in [2.24, 2.45) is 17.8 Å². The van der Waals surface area contributed by atoms with Gasteiger partial charge in [0.1, 0.15) is 0 Å². The van der Waals surface area contributed by atoms with Crippen LogP contribution in [0, 0.1) is 17.8 Å². The highest BCUT2D eigenvalue weighted by molar-refractivity contribution is 7.89. The predicted octanol–water partition coefficient (Wildman–Crippen LogP) is 2.42. The van der Waals surface area contributed by atoms with Crippen molar-refractivity contribution in [1.82, 2.24) is 9.62 Å². The van der Waals surface area contributed by atoms with Crippen LogP contribution < -0.4 is 5.32 Å². The van der Waals surface area contributed by atoms with Crippen LogP contribution in [0.15, 0.2) is 29.2 Å². The number of sulfonamides is 1. The zero-order valence-corrected chi connectivity index (χ0v) is 18.2. The number of carbonyl (C=O) groups excluding carboxylic acids is 2. The standard InChI is InChI=1S/C21H30N2O5S/c1-13(19-12-15-5-6-17(19)11-15)22-20(24)14(2)28-21(25)16-7-9-18(10-8-16)29(26,27)23(3)4/h7-10,13-15,17,19H,5-6,11-12H2,1-4H3,(H,22,24)/t13-,14-,15-,17-,19+/m0/s1. The lowest BCUT2D eigenvalue weighted by molar-refractivity contribution is -0.130. The summed E-state index contributed by atoms with van der Waals surface area (Å²) in [4.78, 5) is 24.9. The Labute approximate surface area is 172 Å². The number of hydrogen-bond acceptors (Lipinski definition) is 5. The van der Waals surface area contributed by atoms with E-state index < -0.39 is 22.1 Å². The van der Waals surface area contributed by atoms with Gasteiger partial charge in [-0.05, 0) is 75.1 Å². The molecular weight excluding hydrogens is 392 g/mol. The minimum atomic E-state index is -3.56. The number of rotatable bonds is 7. The largest absolute Gasteiger partial charge is 0.449 e. The molecule has 1 aromatic carbocycles. The van der Waals surface area contributed by atoms with Gasteiger partial charge in [0.05, 0.1) is 10.5 Å². The second-order valence-corrected chi connectivity index (χ2v) is 10.6. The monoisotopic (exact) mass is 422 g/mol. The first kappa shape index (κ1) is 21.8. The van der Waals surface area contributed by atoms with Crippen LogP contribution >= 0.6 is 0 Å². The number of ether oxygens (including phenoxy) is 1. The van der Waals surface area contributed by atoms with Gasteiger partial charge in [0.25, 0.3) is 5.91 Å². The highest BCUT2D eigenvalue weighted by Crippen LogP contribution is 2.49. The van der Waals surface area contributed by atoms with E-state index >= 15 is 0 Å². The highest BCUT2D eigenvalue weighted by Gasteiger charge is 2.42. The summed E-state index contributed by atoms with van der Waals surface area (Å²) < 4.78 is 30.6. The second kappa shape index (κ2) is 8.44. The first-order valence-electron chi connectivity index (χ1n) is 10.1. The first-order valence-corrected chi connectivity index (χ1v) is 11.6. The number of esters is 1. The van der Waals surface area contributed by atoms with Crippen LogP contribution in [0.4, 0.5) is 0 Å². The number of amides is 1. The van der Waals surface area contributed by atoms with Crippen molar-refractivity contribution < 1.29 is 22.7 Å². The van der Waals surface area contributed by atoms with Crippen molar-refractivity contribution in [2.45, 2.75) is 56.6 Å². The summed E-state index contributed by atoms with van der Waals surface area (Å²) in [6.07, 6.45) is 4.08. The molecule has 2 saturated carbocycles. The van der Waals surface area contributed by atoms with Crippen LogP contribution in [0.5, 0.6) is 0 Å². The van der Waals surface area contributed by atoms with Gasteiger partial charge in [0, 0.05) is 20.1 Å². The fourth-order valence-corrected chi connectivity index (χ4v) is 5.51. The Bertz CT molecular complexity index is 866. The number of nitrogens with zero attached hydrogens (tertiary/aromatic N) is 1. The van der Waals surface area contributed by atoms with Crippen LogP contribution in [0.1, 0.15) is 49.9 Å².